The molecule has 0 aliphatic carbocycles. The summed E-state index contributed by atoms with van der Waals surface area (Å²) in [5, 5.41) is 0.694. The van der Waals surface area contributed by atoms with Crippen LogP contribution in [0.25, 0.3) is 0 Å². The molecule has 0 radical (unpaired) electrons. The van der Waals surface area contributed by atoms with Gasteiger partial charge >= 0.3 is 0 Å². The molecular formula is C15H16BrClNO2+. The lowest BCUT2D eigenvalue weighted by atomic mass is 10.2. The van der Waals surface area contributed by atoms with Crippen LogP contribution >= 0.6 is 27.5 Å². The highest BCUT2D eigenvalue weighted by molar-refractivity contribution is 9.10. The van der Waals surface area contributed by atoms with Crippen molar-refractivity contribution in [2.45, 2.75) is 13.2 Å². The Morgan fingerprint density at radius 3 is 2.55 bits per heavy atom. The second-order valence-corrected chi connectivity index (χ2v) is 5.49. The molecule has 0 atom stereocenters. The Morgan fingerprint density at radius 1 is 1.15 bits per heavy atom. The molecule has 5 heteroatoms. The fourth-order valence-electron chi connectivity index (χ4n) is 1.81. The quantitative estimate of drug-likeness (QED) is 0.891. The van der Waals surface area contributed by atoms with Crippen molar-refractivity contribution in [1.29, 1.82) is 0 Å². The fraction of sp³-hybridized carbons (Fsp3) is 0.200. The first-order chi connectivity index (χ1) is 9.65. The summed E-state index contributed by atoms with van der Waals surface area (Å²) in [5.41, 5.74) is 5.90. The third-order valence-electron chi connectivity index (χ3n) is 2.94. The Labute approximate surface area is 131 Å². The predicted octanol–water partition coefficient (Wildman–Crippen LogP) is 3.43. The first-order valence-electron chi connectivity index (χ1n) is 6.17. The highest BCUT2D eigenvalue weighted by atomic mass is 79.9. The number of methoxy groups -OCH3 is 1. The first kappa shape index (κ1) is 15.2. The lowest BCUT2D eigenvalue weighted by molar-refractivity contribution is -0.386. The van der Waals surface area contributed by atoms with Gasteiger partial charge in [0.15, 0.2) is 11.5 Å². The molecule has 0 amide bonds. The summed E-state index contributed by atoms with van der Waals surface area (Å²) in [6, 6.07) is 11.4. The van der Waals surface area contributed by atoms with Gasteiger partial charge in [-0.2, -0.15) is 0 Å². The van der Waals surface area contributed by atoms with Gasteiger partial charge in [0.05, 0.1) is 7.11 Å². The minimum Gasteiger partial charge on any atom is -0.493 e. The van der Waals surface area contributed by atoms with Gasteiger partial charge in [0.2, 0.25) is 0 Å². The molecule has 2 rings (SSSR count). The van der Waals surface area contributed by atoms with E-state index in [1.807, 2.05) is 36.4 Å². The van der Waals surface area contributed by atoms with Gasteiger partial charge in [0, 0.05) is 20.6 Å². The molecule has 2 aromatic carbocycles. The zero-order chi connectivity index (χ0) is 14.5. The van der Waals surface area contributed by atoms with Crippen LogP contribution in [0.1, 0.15) is 11.1 Å². The smallest absolute Gasteiger partial charge is 0.162 e. The predicted molar refractivity (Wildman–Crippen MR) is 83.1 cm³/mol. The largest absolute Gasteiger partial charge is 0.493 e. The maximum atomic E-state index is 6.11. The van der Waals surface area contributed by atoms with E-state index in [0.717, 1.165) is 15.6 Å². The number of halogens is 2. The highest BCUT2D eigenvalue weighted by Gasteiger charge is 2.11. The van der Waals surface area contributed by atoms with E-state index in [4.69, 9.17) is 21.1 Å². The molecular weight excluding hydrogens is 342 g/mol. The number of hydrogen-bond donors (Lipinski definition) is 1. The van der Waals surface area contributed by atoms with Gasteiger partial charge in [-0.25, -0.2) is 0 Å². The van der Waals surface area contributed by atoms with Crippen LogP contribution in [-0.2, 0) is 13.2 Å². The summed E-state index contributed by atoms with van der Waals surface area (Å²) in [6.07, 6.45) is 0. The van der Waals surface area contributed by atoms with Gasteiger partial charge in [-0.3, -0.25) is 0 Å². The number of quaternary nitrogens is 1. The molecule has 0 aromatic heterocycles. The Morgan fingerprint density at radius 2 is 1.90 bits per heavy atom. The van der Waals surface area contributed by atoms with Crippen LogP contribution in [0.5, 0.6) is 11.5 Å². The minimum absolute atomic E-state index is 0.395. The Balaban J connectivity index is 2.21. The van der Waals surface area contributed by atoms with Gasteiger partial charge in [-0.15, -0.1) is 0 Å². The molecule has 0 aliphatic rings. The van der Waals surface area contributed by atoms with Crippen LogP contribution in [0.4, 0.5) is 0 Å². The Kier molecular flexibility index (Phi) is 5.29. The van der Waals surface area contributed by atoms with E-state index in [2.05, 4.69) is 21.7 Å². The van der Waals surface area contributed by atoms with Gasteiger partial charge in [0.1, 0.15) is 13.2 Å². The van der Waals surface area contributed by atoms with Gasteiger partial charge in [0.25, 0.3) is 0 Å². The van der Waals surface area contributed by atoms with Crippen LogP contribution in [0.2, 0.25) is 5.02 Å². The molecule has 0 saturated heterocycles. The minimum atomic E-state index is 0.395. The molecule has 106 valence electrons. The maximum Gasteiger partial charge on any atom is 0.162 e. The molecule has 0 spiro atoms. The number of benzene rings is 2. The monoisotopic (exact) mass is 356 g/mol. The number of rotatable bonds is 5. The summed E-state index contributed by atoms with van der Waals surface area (Å²) in [4.78, 5) is 0. The third kappa shape index (κ3) is 3.45. The Bertz CT molecular complexity index is 604. The summed E-state index contributed by atoms with van der Waals surface area (Å²) >= 11 is 9.62. The third-order valence-corrected chi connectivity index (χ3v) is 4.05. The summed E-state index contributed by atoms with van der Waals surface area (Å²) in [6.45, 7) is 1.08. The first-order valence-corrected chi connectivity index (χ1v) is 7.34. The molecule has 0 heterocycles. The maximum absolute atomic E-state index is 6.11. The highest BCUT2D eigenvalue weighted by Crippen LogP contribution is 2.34. The van der Waals surface area contributed by atoms with Crippen LogP contribution < -0.4 is 15.2 Å². The average Bonchev–Trinajstić information content (AvgIpc) is 2.46. The standard InChI is InChI=1S/C15H15BrClNO2/c1-19-14-6-11(8-18)12(16)7-15(14)20-9-10-4-2-3-5-13(10)17/h2-7H,8-9,18H2,1H3/p+1. The van der Waals surface area contributed by atoms with Crippen molar-refractivity contribution in [2.24, 2.45) is 0 Å². The van der Waals surface area contributed by atoms with E-state index in [1.165, 1.54) is 0 Å². The second-order valence-electron chi connectivity index (χ2n) is 4.22. The van der Waals surface area contributed by atoms with Gasteiger partial charge in [-0.05, 0) is 18.2 Å². The SMILES string of the molecule is COc1cc(C[NH3+])c(Br)cc1OCc1ccccc1Cl. The molecule has 0 unspecified atom stereocenters. The lowest BCUT2D eigenvalue weighted by Crippen LogP contribution is -2.47. The van der Waals surface area contributed by atoms with Gasteiger partial charge in [-0.1, -0.05) is 45.7 Å². The number of hydrogen-bond acceptors (Lipinski definition) is 2. The molecule has 0 saturated carbocycles. The van der Waals surface area contributed by atoms with E-state index in [-0.39, 0.29) is 0 Å². The molecule has 0 bridgehead atoms. The zero-order valence-electron chi connectivity index (χ0n) is 11.2. The van der Waals surface area contributed by atoms with E-state index in [1.54, 1.807) is 7.11 Å². The topological polar surface area (TPSA) is 46.1 Å². The molecule has 20 heavy (non-hydrogen) atoms. The van der Waals surface area contributed by atoms with E-state index in [0.29, 0.717) is 29.7 Å². The van der Waals surface area contributed by atoms with Crippen molar-refractivity contribution >= 4 is 27.5 Å². The van der Waals surface area contributed by atoms with Crippen LogP contribution in [0.3, 0.4) is 0 Å². The molecule has 0 aliphatic heterocycles. The number of ether oxygens (including phenoxy) is 2. The summed E-state index contributed by atoms with van der Waals surface area (Å²) < 4.78 is 12.1. The zero-order valence-corrected chi connectivity index (χ0v) is 13.5. The summed E-state index contributed by atoms with van der Waals surface area (Å²) in [7, 11) is 1.62. The van der Waals surface area contributed by atoms with E-state index >= 15 is 0 Å². The van der Waals surface area contributed by atoms with E-state index < -0.39 is 0 Å². The summed E-state index contributed by atoms with van der Waals surface area (Å²) in [5.74, 6) is 1.37. The Hall–Kier alpha value is -1.23. The molecule has 3 N–H and O–H groups in total. The van der Waals surface area contributed by atoms with Crippen LogP contribution in [-0.4, -0.2) is 7.11 Å². The molecule has 2 aromatic rings. The second kappa shape index (κ2) is 6.97. The van der Waals surface area contributed by atoms with Crippen molar-refractivity contribution in [3.63, 3.8) is 0 Å². The van der Waals surface area contributed by atoms with Crippen molar-refractivity contribution in [2.75, 3.05) is 7.11 Å². The van der Waals surface area contributed by atoms with Crippen molar-refractivity contribution in [1.82, 2.24) is 0 Å². The van der Waals surface area contributed by atoms with Crippen LogP contribution in [0.15, 0.2) is 40.9 Å². The molecule has 3 nitrogen and oxygen atoms in total. The van der Waals surface area contributed by atoms with Crippen molar-refractivity contribution in [3.05, 3.63) is 57.0 Å². The van der Waals surface area contributed by atoms with Crippen LogP contribution in [0, 0.1) is 0 Å². The van der Waals surface area contributed by atoms with Crippen molar-refractivity contribution < 1.29 is 15.2 Å². The molecule has 0 fully saturated rings. The lowest BCUT2D eigenvalue weighted by Gasteiger charge is -2.13. The average molecular weight is 358 g/mol. The normalized spacial score (nSPS) is 10.4. The van der Waals surface area contributed by atoms with Gasteiger partial charge < -0.3 is 15.2 Å². The van der Waals surface area contributed by atoms with Crippen molar-refractivity contribution in [3.8, 4) is 11.5 Å². The fourth-order valence-corrected chi connectivity index (χ4v) is 2.52. The van der Waals surface area contributed by atoms with E-state index in [9.17, 15) is 0 Å².